The fourth-order valence-corrected chi connectivity index (χ4v) is 1.98. The summed E-state index contributed by atoms with van der Waals surface area (Å²) in [5, 5.41) is 9.63. The summed E-state index contributed by atoms with van der Waals surface area (Å²) in [4.78, 5) is 4.49. The summed E-state index contributed by atoms with van der Waals surface area (Å²) in [7, 11) is 0. The highest BCUT2D eigenvalue weighted by atomic mass is 16.5. The van der Waals surface area contributed by atoms with Crippen molar-refractivity contribution in [1.29, 1.82) is 0 Å². The highest BCUT2D eigenvalue weighted by Crippen LogP contribution is 2.24. The Balaban J connectivity index is 2.65. The predicted octanol–water partition coefficient (Wildman–Crippen LogP) is 2.88. The molecule has 0 unspecified atom stereocenters. The van der Waals surface area contributed by atoms with Gasteiger partial charge in [-0.15, -0.1) is 0 Å². The van der Waals surface area contributed by atoms with Crippen molar-refractivity contribution in [2.45, 2.75) is 20.8 Å². The topological polar surface area (TPSA) is 37.5 Å². The predicted molar refractivity (Wildman–Crippen MR) is 67.5 cm³/mol. The Labute approximate surface area is 101 Å². The Kier molecular flexibility index (Phi) is 3.00. The van der Waals surface area contributed by atoms with Gasteiger partial charge >= 0.3 is 0 Å². The van der Waals surface area contributed by atoms with E-state index in [0.29, 0.717) is 5.49 Å². The lowest BCUT2D eigenvalue weighted by atomic mass is 10.1. The van der Waals surface area contributed by atoms with Crippen LogP contribution in [0.5, 0.6) is 0 Å². The molecule has 2 rings (SSSR count). The van der Waals surface area contributed by atoms with Gasteiger partial charge in [-0.2, -0.15) is 4.73 Å². The van der Waals surface area contributed by atoms with Gasteiger partial charge in [0, 0.05) is 6.20 Å². The van der Waals surface area contributed by atoms with Crippen LogP contribution in [0, 0.1) is 20.8 Å². The molecule has 17 heavy (non-hydrogen) atoms. The zero-order valence-corrected chi connectivity index (χ0v) is 10.3. The quantitative estimate of drug-likeness (QED) is 0.749. The van der Waals surface area contributed by atoms with E-state index in [-0.39, 0.29) is 0 Å². The molecule has 1 aromatic carbocycles. The molecule has 0 saturated carbocycles. The molecule has 0 atom stereocenters. The zero-order chi connectivity index (χ0) is 12.4. The van der Waals surface area contributed by atoms with E-state index in [4.69, 9.17) is 0 Å². The monoisotopic (exact) mass is 228 g/mol. The molecular weight excluding hydrogens is 212 g/mol. The zero-order valence-electron chi connectivity index (χ0n) is 10.3. The van der Waals surface area contributed by atoms with Crippen LogP contribution in [0.4, 0.5) is 5.69 Å². The molecule has 0 aliphatic heterocycles. The lowest BCUT2D eigenvalue weighted by Gasteiger charge is -2.06. The second-order valence-corrected chi connectivity index (χ2v) is 4.26. The van der Waals surface area contributed by atoms with E-state index >= 15 is 0 Å². The van der Waals surface area contributed by atoms with Crippen molar-refractivity contribution >= 4 is 5.69 Å². The van der Waals surface area contributed by atoms with Crippen LogP contribution in [0.3, 0.4) is 0 Å². The number of aromatic nitrogens is 1. The van der Waals surface area contributed by atoms with E-state index in [1.54, 1.807) is 18.3 Å². The van der Waals surface area contributed by atoms with Gasteiger partial charge in [0.05, 0.1) is 5.69 Å². The van der Waals surface area contributed by atoms with Gasteiger partial charge in [0.2, 0.25) is 0 Å². The SMILES string of the molecule is Cc1cc(C)c(N=c2ccccn2O)c(C)c1. The van der Waals surface area contributed by atoms with Crippen molar-refractivity contribution in [3.05, 3.63) is 58.7 Å². The van der Waals surface area contributed by atoms with Crippen LogP contribution in [-0.4, -0.2) is 9.94 Å². The minimum absolute atomic E-state index is 0.530. The second kappa shape index (κ2) is 4.45. The molecule has 1 aromatic heterocycles. The van der Waals surface area contributed by atoms with Gasteiger partial charge in [-0.05, 0) is 44.0 Å². The minimum Gasteiger partial charge on any atom is -0.427 e. The second-order valence-electron chi connectivity index (χ2n) is 4.26. The van der Waals surface area contributed by atoms with Crippen molar-refractivity contribution in [3.8, 4) is 0 Å². The summed E-state index contributed by atoms with van der Waals surface area (Å²) >= 11 is 0. The largest absolute Gasteiger partial charge is 0.427 e. The third kappa shape index (κ3) is 2.38. The molecule has 2 aromatic rings. The Morgan fingerprint density at radius 3 is 2.29 bits per heavy atom. The third-order valence-electron chi connectivity index (χ3n) is 2.68. The van der Waals surface area contributed by atoms with Gasteiger partial charge in [0.1, 0.15) is 0 Å². The third-order valence-corrected chi connectivity index (χ3v) is 2.68. The average Bonchev–Trinajstić information content (AvgIpc) is 2.25. The van der Waals surface area contributed by atoms with Crippen molar-refractivity contribution in [1.82, 2.24) is 4.73 Å². The first-order valence-corrected chi connectivity index (χ1v) is 5.57. The maximum atomic E-state index is 9.63. The lowest BCUT2D eigenvalue weighted by molar-refractivity contribution is 0.172. The number of aryl methyl sites for hydroxylation is 3. The normalized spacial score (nSPS) is 11.8. The smallest absolute Gasteiger partial charge is 0.168 e. The van der Waals surface area contributed by atoms with E-state index in [2.05, 4.69) is 24.0 Å². The standard InChI is InChI=1S/C14H16N2O/c1-10-8-11(2)14(12(3)9-10)15-13-6-4-5-7-16(13)17/h4-9,17H,1-3H3. The maximum Gasteiger partial charge on any atom is 0.168 e. The molecule has 0 aliphatic carbocycles. The van der Waals surface area contributed by atoms with E-state index in [1.165, 1.54) is 5.56 Å². The van der Waals surface area contributed by atoms with Crippen LogP contribution in [0.2, 0.25) is 0 Å². The highest BCUT2D eigenvalue weighted by Gasteiger charge is 2.02. The first-order chi connectivity index (χ1) is 8.08. The van der Waals surface area contributed by atoms with Gasteiger partial charge < -0.3 is 5.21 Å². The molecule has 0 aliphatic rings. The number of benzene rings is 1. The van der Waals surface area contributed by atoms with Gasteiger partial charge in [0.15, 0.2) is 5.49 Å². The fourth-order valence-electron chi connectivity index (χ4n) is 1.98. The van der Waals surface area contributed by atoms with Crippen molar-refractivity contribution < 1.29 is 5.21 Å². The van der Waals surface area contributed by atoms with Crippen LogP contribution in [0.1, 0.15) is 16.7 Å². The van der Waals surface area contributed by atoms with E-state index in [9.17, 15) is 5.21 Å². The van der Waals surface area contributed by atoms with E-state index in [0.717, 1.165) is 21.5 Å². The molecule has 0 radical (unpaired) electrons. The molecule has 3 nitrogen and oxygen atoms in total. The average molecular weight is 228 g/mol. The molecular formula is C14H16N2O. The molecule has 0 saturated heterocycles. The van der Waals surface area contributed by atoms with Crippen molar-refractivity contribution in [2.24, 2.45) is 4.99 Å². The molecule has 0 amide bonds. The Hall–Kier alpha value is -2.03. The minimum atomic E-state index is 0.530. The molecule has 1 heterocycles. The van der Waals surface area contributed by atoms with Crippen LogP contribution in [0.15, 0.2) is 41.5 Å². The summed E-state index contributed by atoms with van der Waals surface area (Å²) in [6, 6.07) is 9.57. The van der Waals surface area contributed by atoms with Gasteiger partial charge in [-0.25, -0.2) is 4.99 Å². The first-order valence-electron chi connectivity index (χ1n) is 5.57. The Morgan fingerprint density at radius 2 is 1.71 bits per heavy atom. The summed E-state index contributed by atoms with van der Waals surface area (Å²) in [6.45, 7) is 6.13. The number of hydrogen-bond acceptors (Lipinski definition) is 2. The molecule has 1 N–H and O–H groups in total. The summed E-state index contributed by atoms with van der Waals surface area (Å²) in [5.41, 5.74) is 4.91. The van der Waals surface area contributed by atoms with E-state index < -0.39 is 0 Å². The Morgan fingerprint density at radius 1 is 1.06 bits per heavy atom. The molecule has 3 heteroatoms. The van der Waals surface area contributed by atoms with E-state index in [1.807, 2.05) is 19.9 Å². The molecule has 88 valence electrons. The Bertz CT molecular complexity index is 589. The van der Waals surface area contributed by atoms with Crippen LogP contribution < -0.4 is 5.49 Å². The maximum absolute atomic E-state index is 9.63. The van der Waals surface area contributed by atoms with Gasteiger partial charge in [-0.3, -0.25) is 0 Å². The van der Waals surface area contributed by atoms with Gasteiger partial charge in [0.25, 0.3) is 0 Å². The summed E-state index contributed by atoms with van der Waals surface area (Å²) in [6.07, 6.45) is 1.57. The van der Waals surface area contributed by atoms with Crippen LogP contribution >= 0.6 is 0 Å². The summed E-state index contributed by atoms with van der Waals surface area (Å²) in [5.74, 6) is 0. The number of pyridine rings is 1. The number of rotatable bonds is 1. The van der Waals surface area contributed by atoms with Crippen LogP contribution in [-0.2, 0) is 0 Å². The number of nitrogens with zero attached hydrogens (tertiary/aromatic N) is 2. The molecule has 0 bridgehead atoms. The van der Waals surface area contributed by atoms with Crippen LogP contribution in [0.25, 0.3) is 0 Å². The summed E-state index contributed by atoms with van der Waals surface area (Å²) < 4.78 is 1.03. The van der Waals surface area contributed by atoms with Crippen molar-refractivity contribution in [2.75, 3.05) is 0 Å². The van der Waals surface area contributed by atoms with Crippen molar-refractivity contribution in [3.63, 3.8) is 0 Å². The number of hydrogen-bond donors (Lipinski definition) is 1. The first kappa shape index (κ1) is 11.5. The molecule has 0 spiro atoms. The molecule has 0 fully saturated rings. The van der Waals surface area contributed by atoms with Gasteiger partial charge in [-0.1, -0.05) is 23.8 Å². The fraction of sp³-hybridized carbons (Fsp3) is 0.214. The highest BCUT2D eigenvalue weighted by molar-refractivity contribution is 5.53. The lowest BCUT2D eigenvalue weighted by Crippen LogP contribution is -2.16.